The van der Waals surface area contributed by atoms with Crippen LogP contribution in [-0.4, -0.2) is 36.0 Å². The van der Waals surface area contributed by atoms with E-state index in [0.29, 0.717) is 5.56 Å². The molecular formula is C15H20FNO3. The number of ether oxygens (including phenoxy) is 1. The zero-order valence-corrected chi connectivity index (χ0v) is 12.1. The van der Waals surface area contributed by atoms with Crippen LogP contribution >= 0.6 is 0 Å². The summed E-state index contributed by atoms with van der Waals surface area (Å²) < 4.78 is 18.4. The van der Waals surface area contributed by atoms with Crippen molar-refractivity contribution in [1.29, 1.82) is 0 Å². The maximum atomic E-state index is 13.5. The highest BCUT2D eigenvalue weighted by Gasteiger charge is 2.21. The van der Waals surface area contributed by atoms with Crippen LogP contribution in [0.15, 0.2) is 24.3 Å². The average molecular weight is 281 g/mol. The largest absolute Gasteiger partial charge is 0.465 e. The predicted octanol–water partition coefficient (Wildman–Crippen LogP) is 2.17. The highest BCUT2D eigenvalue weighted by Crippen LogP contribution is 2.10. The Morgan fingerprint density at radius 3 is 2.50 bits per heavy atom. The predicted molar refractivity (Wildman–Crippen MR) is 73.6 cm³/mol. The number of nitrogens with zero attached hydrogens (tertiary/aromatic N) is 1. The zero-order valence-electron chi connectivity index (χ0n) is 12.1. The molecule has 0 saturated heterocycles. The molecule has 0 aliphatic heterocycles. The van der Waals surface area contributed by atoms with E-state index in [2.05, 4.69) is 0 Å². The standard InChI is InChI=1S/C15H20FNO3/c1-4-20-15(19)10-17(11(2)3)14(18)9-12-7-5-6-8-13(12)16/h5-8,11H,4,9-10H2,1-3H3. The molecule has 0 N–H and O–H groups in total. The molecule has 20 heavy (non-hydrogen) atoms. The molecule has 1 rings (SSSR count). The molecule has 0 spiro atoms. The second kappa shape index (κ2) is 7.62. The molecule has 0 aliphatic carbocycles. The maximum absolute atomic E-state index is 13.5. The molecule has 0 aromatic heterocycles. The first-order valence-electron chi connectivity index (χ1n) is 6.64. The van der Waals surface area contributed by atoms with Crippen molar-refractivity contribution in [3.05, 3.63) is 35.6 Å². The second-order valence-corrected chi connectivity index (χ2v) is 4.69. The van der Waals surface area contributed by atoms with Gasteiger partial charge < -0.3 is 9.64 Å². The smallest absolute Gasteiger partial charge is 0.325 e. The summed E-state index contributed by atoms with van der Waals surface area (Å²) in [6, 6.07) is 5.97. The number of carbonyl (C=O) groups is 2. The lowest BCUT2D eigenvalue weighted by Gasteiger charge is -2.25. The Kier molecular flexibility index (Phi) is 6.15. The molecule has 0 heterocycles. The minimum atomic E-state index is -0.455. The number of rotatable bonds is 6. The van der Waals surface area contributed by atoms with Gasteiger partial charge in [-0.05, 0) is 32.4 Å². The fourth-order valence-corrected chi connectivity index (χ4v) is 1.81. The fourth-order valence-electron chi connectivity index (χ4n) is 1.81. The monoisotopic (exact) mass is 281 g/mol. The average Bonchev–Trinajstić information content (AvgIpc) is 2.38. The number of carbonyl (C=O) groups excluding carboxylic acids is 2. The topological polar surface area (TPSA) is 46.6 Å². The van der Waals surface area contributed by atoms with Crippen LogP contribution in [0.5, 0.6) is 0 Å². The molecule has 1 aromatic rings. The Labute approximate surface area is 118 Å². The fraction of sp³-hybridized carbons (Fsp3) is 0.467. The van der Waals surface area contributed by atoms with Crippen molar-refractivity contribution in [2.75, 3.05) is 13.2 Å². The van der Waals surface area contributed by atoms with Gasteiger partial charge in [0.25, 0.3) is 0 Å². The first-order valence-corrected chi connectivity index (χ1v) is 6.64. The minimum absolute atomic E-state index is 0.0652. The van der Waals surface area contributed by atoms with Gasteiger partial charge in [-0.2, -0.15) is 0 Å². The molecule has 0 unspecified atom stereocenters. The summed E-state index contributed by atoms with van der Waals surface area (Å²) in [5.41, 5.74) is 0.326. The van der Waals surface area contributed by atoms with Gasteiger partial charge in [0.05, 0.1) is 13.0 Å². The first-order chi connectivity index (χ1) is 9.45. The van der Waals surface area contributed by atoms with Crippen LogP contribution in [0.4, 0.5) is 4.39 Å². The number of hydrogen-bond acceptors (Lipinski definition) is 3. The van der Waals surface area contributed by atoms with Crippen LogP contribution in [0, 0.1) is 5.82 Å². The summed E-state index contributed by atoms with van der Waals surface area (Å²) in [7, 11) is 0. The van der Waals surface area contributed by atoms with Crippen molar-refractivity contribution in [2.45, 2.75) is 33.2 Å². The normalized spacial score (nSPS) is 10.4. The summed E-state index contributed by atoms with van der Waals surface area (Å²) >= 11 is 0. The number of benzene rings is 1. The highest BCUT2D eigenvalue weighted by atomic mass is 19.1. The Hall–Kier alpha value is -1.91. The van der Waals surface area contributed by atoms with Crippen molar-refractivity contribution in [2.24, 2.45) is 0 Å². The number of esters is 1. The summed E-state index contributed by atoms with van der Waals surface area (Å²) in [5.74, 6) is -1.16. The molecule has 0 radical (unpaired) electrons. The van der Waals surface area contributed by atoms with Gasteiger partial charge in [0.1, 0.15) is 12.4 Å². The first kappa shape index (κ1) is 16.1. The molecular weight excluding hydrogens is 261 g/mol. The molecule has 0 fully saturated rings. The van der Waals surface area contributed by atoms with Gasteiger partial charge in [-0.3, -0.25) is 9.59 Å². The third kappa shape index (κ3) is 4.64. The van der Waals surface area contributed by atoms with Crippen LogP contribution in [-0.2, 0) is 20.7 Å². The molecule has 0 saturated carbocycles. The van der Waals surface area contributed by atoms with Gasteiger partial charge in [0, 0.05) is 6.04 Å². The van der Waals surface area contributed by atoms with Crippen LogP contribution < -0.4 is 0 Å². The molecule has 0 aliphatic rings. The molecule has 110 valence electrons. The number of hydrogen-bond donors (Lipinski definition) is 0. The summed E-state index contributed by atoms with van der Waals surface area (Å²) in [6.07, 6.45) is -0.0652. The van der Waals surface area contributed by atoms with E-state index in [1.54, 1.807) is 39.0 Å². The summed E-state index contributed by atoms with van der Waals surface area (Å²) in [6.45, 7) is 5.47. The van der Waals surface area contributed by atoms with Gasteiger partial charge in [-0.25, -0.2) is 4.39 Å². The van der Waals surface area contributed by atoms with E-state index in [-0.39, 0.29) is 31.5 Å². The lowest BCUT2D eigenvalue weighted by atomic mass is 10.1. The van der Waals surface area contributed by atoms with Crippen molar-refractivity contribution in [3.63, 3.8) is 0 Å². The van der Waals surface area contributed by atoms with E-state index in [0.717, 1.165) is 0 Å². The minimum Gasteiger partial charge on any atom is -0.465 e. The van der Waals surface area contributed by atoms with Crippen LogP contribution in [0.2, 0.25) is 0 Å². The lowest BCUT2D eigenvalue weighted by Crippen LogP contribution is -2.42. The third-order valence-corrected chi connectivity index (χ3v) is 2.85. The van der Waals surface area contributed by atoms with Gasteiger partial charge >= 0.3 is 5.97 Å². The molecule has 0 atom stereocenters. The van der Waals surface area contributed by atoms with E-state index >= 15 is 0 Å². The van der Waals surface area contributed by atoms with Crippen molar-refractivity contribution < 1.29 is 18.7 Å². The van der Waals surface area contributed by atoms with Crippen molar-refractivity contribution in [1.82, 2.24) is 4.90 Å². The second-order valence-electron chi connectivity index (χ2n) is 4.69. The number of amides is 1. The van der Waals surface area contributed by atoms with Gasteiger partial charge in [0.2, 0.25) is 5.91 Å². The lowest BCUT2D eigenvalue weighted by molar-refractivity contribution is -0.149. The zero-order chi connectivity index (χ0) is 15.1. The van der Waals surface area contributed by atoms with Crippen LogP contribution in [0.25, 0.3) is 0 Å². The Morgan fingerprint density at radius 1 is 1.30 bits per heavy atom. The quantitative estimate of drug-likeness (QED) is 0.751. The van der Waals surface area contributed by atoms with Gasteiger partial charge in [0.15, 0.2) is 0 Å². The van der Waals surface area contributed by atoms with E-state index < -0.39 is 11.8 Å². The van der Waals surface area contributed by atoms with Crippen molar-refractivity contribution in [3.8, 4) is 0 Å². The molecule has 5 heteroatoms. The maximum Gasteiger partial charge on any atom is 0.325 e. The summed E-state index contributed by atoms with van der Waals surface area (Å²) in [4.78, 5) is 25.1. The number of halogens is 1. The van der Waals surface area contributed by atoms with Gasteiger partial charge in [-0.15, -0.1) is 0 Å². The highest BCUT2D eigenvalue weighted by molar-refractivity contribution is 5.83. The molecule has 1 aromatic carbocycles. The molecule has 0 bridgehead atoms. The van der Waals surface area contributed by atoms with E-state index in [9.17, 15) is 14.0 Å². The van der Waals surface area contributed by atoms with E-state index in [4.69, 9.17) is 4.74 Å². The SMILES string of the molecule is CCOC(=O)CN(C(=O)Cc1ccccc1F)C(C)C. The van der Waals surface area contributed by atoms with Crippen LogP contribution in [0.3, 0.4) is 0 Å². The summed E-state index contributed by atoms with van der Waals surface area (Å²) in [5, 5.41) is 0. The van der Waals surface area contributed by atoms with E-state index in [1.807, 2.05) is 0 Å². The van der Waals surface area contributed by atoms with Crippen LogP contribution in [0.1, 0.15) is 26.3 Å². The molecule has 1 amide bonds. The van der Waals surface area contributed by atoms with Gasteiger partial charge in [-0.1, -0.05) is 18.2 Å². The Morgan fingerprint density at radius 2 is 1.95 bits per heavy atom. The van der Waals surface area contributed by atoms with E-state index in [1.165, 1.54) is 11.0 Å². The third-order valence-electron chi connectivity index (χ3n) is 2.85. The Balaban J connectivity index is 2.75. The van der Waals surface area contributed by atoms with Crippen molar-refractivity contribution >= 4 is 11.9 Å². The Bertz CT molecular complexity index is 474. The molecule has 4 nitrogen and oxygen atoms in total.